The van der Waals surface area contributed by atoms with Crippen molar-refractivity contribution in [2.24, 2.45) is 0 Å². The van der Waals surface area contributed by atoms with E-state index in [1.807, 2.05) is 25.1 Å². The number of hydrogen-bond donors (Lipinski definition) is 2. The van der Waals surface area contributed by atoms with E-state index in [0.717, 1.165) is 0 Å². The third-order valence-corrected chi connectivity index (χ3v) is 3.63. The van der Waals surface area contributed by atoms with Crippen molar-refractivity contribution < 1.29 is 8.42 Å². The Bertz CT molecular complexity index is 429. The molecule has 0 unspecified atom stereocenters. The van der Waals surface area contributed by atoms with E-state index in [2.05, 4.69) is 16.1 Å². The van der Waals surface area contributed by atoms with Gasteiger partial charge in [0.2, 0.25) is 10.0 Å². The molecule has 5 heteroatoms. The topological polar surface area (TPSA) is 58.2 Å². The molecule has 0 aliphatic carbocycles. The maximum Gasteiger partial charge on any atom is 0.212 e. The van der Waals surface area contributed by atoms with Crippen LogP contribution in [0.3, 0.4) is 0 Å². The second-order valence-corrected chi connectivity index (χ2v) is 5.73. The average Bonchev–Trinajstić information content (AvgIpc) is 2.25. The zero-order chi connectivity index (χ0) is 12.0. The Morgan fingerprint density at radius 2 is 2.06 bits per heavy atom. The highest BCUT2D eigenvalue weighted by Crippen LogP contribution is 2.02. The van der Waals surface area contributed by atoms with Gasteiger partial charge >= 0.3 is 0 Å². The first kappa shape index (κ1) is 13.2. The molecule has 0 aromatic heterocycles. The summed E-state index contributed by atoms with van der Waals surface area (Å²) in [4.78, 5) is 0. The lowest BCUT2D eigenvalue weighted by Gasteiger charge is -2.06. The van der Waals surface area contributed by atoms with E-state index in [0.29, 0.717) is 13.1 Å². The van der Waals surface area contributed by atoms with Crippen molar-refractivity contribution in [1.29, 1.82) is 0 Å². The molecule has 0 atom stereocenters. The number of benzene rings is 1. The van der Waals surface area contributed by atoms with Crippen molar-refractivity contribution >= 4 is 10.0 Å². The summed E-state index contributed by atoms with van der Waals surface area (Å²) >= 11 is 0. The number of rotatable bonds is 6. The summed E-state index contributed by atoms with van der Waals surface area (Å²) in [6.45, 7) is 3.19. The van der Waals surface area contributed by atoms with Crippen molar-refractivity contribution in [1.82, 2.24) is 10.0 Å². The summed E-state index contributed by atoms with van der Waals surface area (Å²) in [5.74, 6) is 0.106. The first-order valence-electron chi connectivity index (χ1n) is 5.21. The van der Waals surface area contributed by atoms with Gasteiger partial charge in [0.05, 0.1) is 5.75 Å². The van der Waals surface area contributed by atoms with Gasteiger partial charge in [-0.05, 0) is 19.5 Å². The maximum absolute atomic E-state index is 11.1. The molecule has 2 N–H and O–H groups in total. The third kappa shape index (κ3) is 4.74. The lowest BCUT2D eigenvalue weighted by atomic mass is 10.1. The van der Waals surface area contributed by atoms with Crippen LogP contribution < -0.4 is 10.0 Å². The fourth-order valence-corrected chi connectivity index (χ4v) is 1.98. The van der Waals surface area contributed by atoms with Gasteiger partial charge in [0.15, 0.2) is 0 Å². The van der Waals surface area contributed by atoms with Crippen LogP contribution in [0.5, 0.6) is 0 Å². The lowest BCUT2D eigenvalue weighted by molar-refractivity contribution is 0.583. The van der Waals surface area contributed by atoms with Gasteiger partial charge in [0.25, 0.3) is 0 Å². The van der Waals surface area contributed by atoms with Crippen molar-refractivity contribution in [3.63, 3.8) is 0 Å². The Morgan fingerprint density at radius 1 is 1.31 bits per heavy atom. The van der Waals surface area contributed by atoms with Gasteiger partial charge in [-0.1, -0.05) is 29.8 Å². The Hall–Kier alpha value is -0.910. The molecule has 0 fully saturated rings. The minimum atomic E-state index is -3.09. The van der Waals surface area contributed by atoms with Gasteiger partial charge in [0.1, 0.15) is 0 Å². The summed E-state index contributed by atoms with van der Waals surface area (Å²) in [6.07, 6.45) is 0. The number of sulfonamides is 1. The monoisotopic (exact) mass is 242 g/mol. The average molecular weight is 242 g/mol. The highest BCUT2D eigenvalue weighted by molar-refractivity contribution is 7.89. The standard InChI is InChI=1S/C11H18N2O2S/c1-10-4-3-5-11(8-10)9-13-6-7-16(14,15)12-2/h3-5,8,12-13H,6-7,9H2,1-2H3. The van der Waals surface area contributed by atoms with E-state index in [1.54, 1.807) is 0 Å². The van der Waals surface area contributed by atoms with Crippen molar-refractivity contribution in [2.45, 2.75) is 13.5 Å². The predicted molar refractivity (Wildman–Crippen MR) is 65.7 cm³/mol. The molecule has 0 amide bonds. The van der Waals surface area contributed by atoms with Gasteiger partial charge in [0, 0.05) is 13.1 Å². The summed E-state index contributed by atoms with van der Waals surface area (Å²) < 4.78 is 24.5. The molecule has 0 bridgehead atoms. The molecule has 0 heterocycles. The van der Waals surface area contributed by atoms with Crippen LogP contribution in [0.1, 0.15) is 11.1 Å². The summed E-state index contributed by atoms with van der Waals surface area (Å²) in [5, 5.41) is 3.10. The zero-order valence-electron chi connectivity index (χ0n) is 9.66. The zero-order valence-corrected chi connectivity index (χ0v) is 10.5. The van der Waals surface area contributed by atoms with Crippen LogP contribution in [-0.2, 0) is 16.6 Å². The van der Waals surface area contributed by atoms with Crippen LogP contribution in [0, 0.1) is 6.92 Å². The molecule has 0 radical (unpaired) electrons. The Morgan fingerprint density at radius 3 is 2.69 bits per heavy atom. The van der Waals surface area contributed by atoms with Crippen molar-refractivity contribution in [2.75, 3.05) is 19.3 Å². The van der Waals surface area contributed by atoms with Gasteiger partial charge in [-0.15, -0.1) is 0 Å². The van der Waals surface area contributed by atoms with Crippen molar-refractivity contribution in [3.05, 3.63) is 35.4 Å². The number of hydrogen-bond acceptors (Lipinski definition) is 3. The second kappa shape index (κ2) is 5.98. The van der Waals surface area contributed by atoms with Crippen molar-refractivity contribution in [3.8, 4) is 0 Å². The SMILES string of the molecule is CNS(=O)(=O)CCNCc1cccc(C)c1. The molecular formula is C11H18N2O2S. The van der Waals surface area contributed by atoms with Gasteiger partial charge in [-0.2, -0.15) is 0 Å². The van der Waals surface area contributed by atoms with E-state index < -0.39 is 10.0 Å². The minimum absolute atomic E-state index is 0.106. The van der Waals surface area contributed by atoms with Crippen LogP contribution in [0.15, 0.2) is 24.3 Å². The Balaban J connectivity index is 2.32. The van der Waals surface area contributed by atoms with Crippen LogP contribution >= 0.6 is 0 Å². The predicted octanol–water partition coefficient (Wildman–Crippen LogP) is 0.634. The Labute approximate surface area is 97.1 Å². The molecule has 1 aromatic rings. The van der Waals surface area contributed by atoms with Crippen LogP contribution in [0.2, 0.25) is 0 Å². The summed E-state index contributed by atoms with van der Waals surface area (Å²) in [7, 11) is -1.67. The fraction of sp³-hybridized carbons (Fsp3) is 0.455. The van der Waals surface area contributed by atoms with Gasteiger partial charge in [-0.25, -0.2) is 13.1 Å². The van der Waals surface area contributed by atoms with Crippen LogP contribution in [-0.4, -0.2) is 27.8 Å². The van der Waals surface area contributed by atoms with Gasteiger partial charge in [-0.3, -0.25) is 0 Å². The molecule has 1 rings (SSSR count). The highest BCUT2D eigenvalue weighted by atomic mass is 32.2. The summed E-state index contributed by atoms with van der Waals surface area (Å²) in [6, 6.07) is 8.14. The summed E-state index contributed by atoms with van der Waals surface area (Å²) in [5.41, 5.74) is 2.38. The molecule has 0 saturated carbocycles. The molecule has 0 spiro atoms. The fourth-order valence-electron chi connectivity index (χ4n) is 1.36. The normalized spacial score (nSPS) is 11.6. The van der Waals surface area contributed by atoms with Crippen LogP contribution in [0.25, 0.3) is 0 Å². The quantitative estimate of drug-likeness (QED) is 0.720. The van der Waals surface area contributed by atoms with E-state index in [-0.39, 0.29) is 5.75 Å². The maximum atomic E-state index is 11.1. The lowest BCUT2D eigenvalue weighted by Crippen LogP contribution is -2.29. The number of nitrogens with one attached hydrogen (secondary N) is 2. The van der Waals surface area contributed by atoms with Gasteiger partial charge < -0.3 is 5.32 Å². The largest absolute Gasteiger partial charge is 0.312 e. The second-order valence-electron chi connectivity index (χ2n) is 3.69. The molecule has 0 aliphatic heterocycles. The molecule has 1 aromatic carbocycles. The molecule has 0 aliphatic rings. The third-order valence-electron chi connectivity index (χ3n) is 2.27. The molecule has 4 nitrogen and oxygen atoms in total. The Kier molecular flexibility index (Phi) is 4.92. The van der Waals surface area contributed by atoms with Crippen LogP contribution in [0.4, 0.5) is 0 Å². The van der Waals surface area contributed by atoms with E-state index in [4.69, 9.17) is 0 Å². The highest BCUT2D eigenvalue weighted by Gasteiger charge is 2.04. The smallest absolute Gasteiger partial charge is 0.212 e. The molecular weight excluding hydrogens is 224 g/mol. The molecule has 0 saturated heterocycles. The first-order valence-corrected chi connectivity index (χ1v) is 6.86. The minimum Gasteiger partial charge on any atom is -0.312 e. The molecule has 16 heavy (non-hydrogen) atoms. The molecule has 90 valence electrons. The van der Waals surface area contributed by atoms with E-state index in [9.17, 15) is 8.42 Å². The van der Waals surface area contributed by atoms with E-state index in [1.165, 1.54) is 18.2 Å². The van der Waals surface area contributed by atoms with E-state index >= 15 is 0 Å². The number of aryl methyl sites for hydroxylation is 1. The first-order chi connectivity index (χ1) is 7.53.